The lowest BCUT2D eigenvalue weighted by Crippen LogP contribution is -2.42. The van der Waals surface area contributed by atoms with Crippen LogP contribution in [-0.2, 0) is 4.79 Å². The van der Waals surface area contributed by atoms with Crippen molar-refractivity contribution in [3.63, 3.8) is 0 Å². The maximum atomic E-state index is 11.6. The second-order valence-corrected chi connectivity index (χ2v) is 4.93. The Labute approximate surface area is 86.7 Å². The Morgan fingerprint density at radius 2 is 2.00 bits per heavy atom. The summed E-state index contributed by atoms with van der Waals surface area (Å²) in [5.41, 5.74) is 0. The summed E-state index contributed by atoms with van der Waals surface area (Å²) in [5.74, 6) is 0.872. The van der Waals surface area contributed by atoms with Crippen LogP contribution in [0.15, 0.2) is 0 Å². The van der Waals surface area contributed by atoms with E-state index in [4.69, 9.17) is 0 Å². The lowest BCUT2D eigenvalue weighted by molar-refractivity contribution is -0.125. The highest BCUT2D eigenvalue weighted by Crippen LogP contribution is 2.27. The van der Waals surface area contributed by atoms with E-state index in [1.807, 2.05) is 0 Å². The lowest BCUT2D eigenvalue weighted by Gasteiger charge is -2.37. The zero-order valence-corrected chi connectivity index (χ0v) is 9.17. The molecule has 0 N–H and O–H groups in total. The van der Waals surface area contributed by atoms with Gasteiger partial charge in [-0.1, -0.05) is 12.8 Å². The molecule has 0 aromatic heterocycles. The summed E-state index contributed by atoms with van der Waals surface area (Å²) < 4.78 is 0. The van der Waals surface area contributed by atoms with Crippen LogP contribution in [0.5, 0.6) is 0 Å². The predicted octanol–water partition coefficient (Wildman–Crippen LogP) is 2.23. The largest absolute Gasteiger partial charge is 0.303 e. The molecule has 2 saturated carbocycles. The second kappa shape index (κ2) is 4.43. The van der Waals surface area contributed by atoms with Crippen molar-refractivity contribution < 1.29 is 4.79 Å². The van der Waals surface area contributed by atoms with Crippen LogP contribution < -0.4 is 0 Å². The van der Waals surface area contributed by atoms with Crippen molar-refractivity contribution in [3.8, 4) is 0 Å². The number of carbonyl (C=O) groups is 1. The predicted molar refractivity (Wildman–Crippen MR) is 57.2 cm³/mol. The maximum absolute atomic E-state index is 11.6. The van der Waals surface area contributed by atoms with Crippen LogP contribution >= 0.6 is 0 Å². The summed E-state index contributed by atoms with van der Waals surface area (Å²) >= 11 is 0. The highest BCUT2D eigenvalue weighted by Gasteiger charge is 2.28. The molecule has 2 aliphatic carbocycles. The second-order valence-electron chi connectivity index (χ2n) is 4.93. The quantitative estimate of drug-likeness (QED) is 0.688. The zero-order valence-electron chi connectivity index (χ0n) is 9.17. The van der Waals surface area contributed by atoms with E-state index in [1.165, 1.54) is 25.7 Å². The fraction of sp³-hybridized carbons (Fsp3) is 0.917. The van der Waals surface area contributed by atoms with Crippen molar-refractivity contribution in [1.82, 2.24) is 4.90 Å². The topological polar surface area (TPSA) is 20.3 Å². The SMILES string of the molecule is CN(CC1CCCCC1=O)C1CCC1. The number of hydrogen-bond donors (Lipinski definition) is 0. The maximum Gasteiger partial charge on any atom is 0.137 e. The van der Waals surface area contributed by atoms with E-state index < -0.39 is 0 Å². The van der Waals surface area contributed by atoms with E-state index in [0.29, 0.717) is 11.7 Å². The fourth-order valence-corrected chi connectivity index (χ4v) is 2.57. The van der Waals surface area contributed by atoms with Crippen molar-refractivity contribution >= 4 is 5.78 Å². The van der Waals surface area contributed by atoms with Gasteiger partial charge >= 0.3 is 0 Å². The average molecular weight is 195 g/mol. The summed E-state index contributed by atoms with van der Waals surface area (Å²) in [6.45, 7) is 1.02. The van der Waals surface area contributed by atoms with Crippen molar-refractivity contribution in [2.75, 3.05) is 13.6 Å². The van der Waals surface area contributed by atoms with E-state index in [9.17, 15) is 4.79 Å². The van der Waals surface area contributed by atoms with Crippen molar-refractivity contribution in [2.45, 2.75) is 51.0 Å². The highest BCUT2D eigenvalue weighted by atomic mass is 16.1. The summed E-state index contributed by atoms with van der Waals surface area (Å²) in [7, 11) is 2.19. The summed E-state index contributed by atoms with van der Waals surface area (Å²) in [6.07, 6.45) is 8.43. The van der Waals surface area contributed by atoms with Crippen LogP contribution in [0, 0.1) is 5.92 Å². The number of hydrogen-bond acceptors (Lipinski definition) is 2. The van der Waals surface area contributed by atoms with Gasteiger partial charge in [0.2, 0.25) is 0 Å². The molecule has 0 heterocycles. The molecule has 0 spiro atoms. The molecule has 0 aromatic carbocycles. The first-order chi connectivity index (χ1) is 6.77. The first kappa shape index (κ1) is 10.2. The van der Waals surface area contributed by atoms with Gasteiger partial charge in [0.25, 0.3) is 0 Å². The Morgan fingerprint density at radius 3 is 2.57 bits per heavy atom. The smallest absolute Gasteiger partial charge is 0.137 e. The van der Waals surface area contributed by atoms with Gasteiger partial charge in [-0.3, -0.25) is 4.79 Å². The molecular formula is C12H21NO. The molecule has 2 rings (SSSR count). The van der Waals surface area contributed by atoms with Gasteiger partial charge in [-0.2, -0.15) is 0 Å². The van der Waals surface area contributed by atoms with Crippen molar-refractivity contribution in [2.24, 2.45) is 5.92 Å². The first-order valence-corrected chi connectivity index (χ1v) is 6.00. The number of ketones is 1. The molecule has 0 aliphatic heterocycles. The molecule has 1 atom stereocenters. The Morgan fingerprint density at radius 1 is 1.21 bits per heavy atom. The van der Waals surface area contributed by atoms with Crippen LogP contribution in [0.1, 0.15) is 44.9 Å². The standard InChI is InChI=1S/C12H21NO/c1-13(11-6-4-7-11)9-10-5-2-3-8-12(10)14/h10-11H,2-9H2,1H3. The number of rotatable bonds is 3. The lowest BCUT2D eigenvalue weighted by atomic mass is 9.85. The molecule has 0 saturated heterocycles. The number of carbonyl (C=O) groups excluding carboxylic acids is 1. The number of nitrogens with zero attached hydrogens (tertiary/aromatic N) is 1. The minimum atomic E-state index is 0.356. The molecule has 2 heteroatoms. The van der Waals surface area contributed by atoms with Gasteiger partial charge in [0.05, 0.1) is 0 Å². The zero-order chi connectivity index (χ0) is 9.97. The number of Topliss-reactive ketones (excluding diaryl/α,β-unsaturated/α-hetero) is 1. The molecule has 0 amide bonds. The van der Waals surface area contributed by atoms with E-state index in [0.717, 1.165) is 31.8 Å². The van der Waals surface area contributed by atoms with Gasteiger partial charge in [-0.25, -0.2) is 0 Å². The van der Waals surface area contributed by atoms with Crippen molar-refractivity contribution in [3.05, 3.63) is 0 Å². The summed E-state index contributed by atoms with van der Waals surface area (Å²) in [4.78, 5) is 14.0. The monoisotopic (exact) mass is 195 g/mol. The Balaban J connectivity index is 1.79. The van der Waals surface area contributed by atoms with E-state index >= 15 is 0 Å². The third-order valence-electron chi connectivity index (χ3n) is 3.89. The van der Waals surface area contributed by atoms with Crippen LogP contribution in [-0.4, -0.2) is 30.3 Å². The van der Waals surface area contributed by atoms with E-state index in [2.05, 4.69) is 11.9 Å². The molecule has 14 heavy (non-hydrogen) atoms. The Bertz CT molecular complexity index is 210. The third-order valence-corrected chi connectivity index (χ3v) is 3.89. The molecule has 2 aliphatic rings. The fourth-order valence-electron chi connectivity index (χ4n) is 2.57. The van der Waals surface area contributed by atoms with Crippen molar-refractivity contribution in [1.29, 1.82) is 0 Å². The average Bonchev–Trinajstić information content (AvgIpc) is 2.05. The van der Waals surface area contributed by atoms with Gasteiger partial charge in [-0.05, 0) is 32.7 Å². The van der Waals surface area contributed by atoms with Crippen LogP contribution in [0.4, 0.5) is 0 Å². The summed E-state index contributed by atoms with van der Waals surface area (Å²) in [5, 5.41) is 0. The Kier molecular flexibility index (Phi) is 3.22. The third kappa shape index (κ3) is 2.17. The minimum absolute atomic E-state index is 0.356. The van der Waals surface area contributed by atoms with Crippen LogP contribution in [0.2, 0.25) is 0 Å². The molecule has 0 bridgehead atoms. The van der Waals surface area contributed by atoms with Crippen LogP contribution in [0.3, 0.4) is 0 Å². The molecular weight excluding hydrogens is 174 g/mol. The van der Waals surface area contributed by atoms with Gasteiger partial charge in [0.15, 0.2) is 0 Å². The molecule has 2 nitrogen and oxygen atoms in total. The molecule has 80 valence electrons. The van der Waals surface area contributed by atoms with E-state index in [-0.39, 0.29) is 0 Å². The van der Waals surface area contributed by atoms with Crippen LogP contribution in [0.25, 0.3) is 0 Å². The summed E-state index contributed by atoms with van der Waals surface area (Å²) in [6, 6.07) is 0.782. The van der Waals surface area contributed by atoms with Gasteiger partial charge in [0.1, 0.15) is 5.78 Å². The molecule has 0 radical (unpaired) electrons. The Hall–Kier alpha value is -0.370. The van der Waals surface area contributed by atoms with Gasteiger partial charge in [0, 0.05) is 24.9 Å². The van der Waals surface area contributed by atoms with Gasteiger partial charge < -0.3 is 4.90 Å². The first-order valence-electron chi connectivity index (χ1n) is 6.00. The van der Waals surface area contributed by atoms with E-state index in [1.54, 1.807) is 0 Å². The highest BCUT2D eigenvalue weighted by molar-refractivity contribution is 5.81. The van der Waals surface area contributed by atoms with Gasteiger partial charge in [-0.15, -0.1) is 0 Å². The minimum Gasteiger partial charge on any atom is -0.303 e. The molecule has 0 aromatic rings. The molecule has 1 unspecified atom stereocenters. The normalized spacial score (nSPS) is 29.3. The molecule has 2 fully saturated rings.